The van der Waals surface area contributed by atoms with Crippen LogP contribution in [0.1, 0.15) is 22.4 Å². The number of benzene rings is 1. The Labute approximate surface area is 161 Å². The first-order valence-corrected chi connectivity index (χ1v) is 9.72. The highest BCUT2D eigenvalue weighted by Gasteiger charge is 2.09. The second-order valence-electron chi connectivity index (χ2n) is 6.73. The molecule has 0 saturated heterocycles. The number of hydrogen-bond donors (Lipinski definition) is 0. The normalized spacial score (nSPS) is 11.2. The SMILES string of the molecule is Cc1cc(C)cc(-n2ccnc2SCc2cc(=O)n3ccc(C)cc3n2)c1. The summed E-state index contributed by atoms with van der Waals surface area (Å²) < 4.78 is 3.64. The largest absolute Gasteiger partial charge is 0.295 e. The third-order valence-corrected chi connectivity index (χ3v) is 5.32. The molecule has 0 aliphatic heterocycles. The Morgan fingerprint density at radius 1 is 0.963 bits per heavy atom. The maximum atomic E-state index is 12.3. The van der Waals surface area contributed by atoms with Gasteiger partial charge in [-0.1, -0.05) is 17.8 Å². The van der Waals surface area contributed by atoms with Gasteiger partial charge in [-0.05, 0) is 61.7 Å². The molecule has 0 aliphatic rings. The molecule has 6 heteroatoms. The second-order valence-corrected chi connectivity index (χ2v) is 7.67. The van der Waals surface area contributed by atoms with Crippen LogP contribution in [0.5, 0.6) is 0 Å². The summed E-state index contributed by atoms with van der Waals surface area (Å²) in [5.74, 6) is 0.585. The molecule has 0 spiro atoms. The van der Waals surface area contributed by atoms with Crippen LogP contribution in [0.15, 0.2) is 64.9 Å². The summed E-state index contributed by atoms with van der Waals surface area (Å²) in [6, 6.07) is 11.9. The molecule has 3 aromatic heterocycles. The first-order valence-electron chi connectivity index (χ1n) is 8.73. The van der Waals surface area contributed by atoms with Crippen molar-refractivity contribution < 1.29 is 0 Å². The number of aromatic nitrogens is 4. The Morgan fingerprint density at radius 3 is 2.52 bits per heavy atom. The fourth-order valence-corrected chi connectivity index (χ4v) is 4.01. The Kier molecular flexibility index (Phi) is 4.58. The van der Waals surface area contributed by atoms with Crippen molar-refractivity contribution in [3.8, 4) is 5.69 Å². The van der Waals surface area contributed by atoms with Crippen molar-refractivity contribution in [1.29, 1.82) is 0 Å². The van der Waals surface area contributed by atoms with Gasteiger partial charge in [0, 0.05) is 36.1 Å². The Bertz CT molecular complexity index is 1170. The molecule has 0 atom stereocenters. The molecular weight excluding hydrogens is 356 g/mol. The molecule has 1 aromatic carbocycles. The smallest absolute Gasteiger partial charge is 0.258 e. The number of fused-ring (bicyclic) bond motifs is 1. The van der Waals surface area contributed by atoms with Crippen LogP contribution in [0.4, 0.5) is 0 Å². The average molecular weight is 376 g/mol. The monoisotopic (exact) mass is 376 g/mol. The molecule has 27 heavy (non-hydrogen) atoms. The fraction of sp³-hybridized carbons (Fsp3) is 0.190. The second kappa shape index (κ2) is 7.04. The van der Waals surface area contributed by atoms with E-state index in [1.165, 1.54) is 11.1 Å². The van der Waals surface area contributed by atoms with Gasteiger partial charge >= 0.3 is 0 Å². The molecule has 136 valence electrons. The molecule has 5 nitrogen and oxygen atoms in total. The lowest BCUT2D eigenvalue weighted by molar-refractivity contribution is 0.891. The summed E-state index contributed by atoms with van der Waals surface area (Å²) in [6.07, 6.45) is 5.53. The average Bonchev–Trinajstić information content (AvgIpc) is 3.07. The predicted molar refractivity (Wildman–Crippen MR) is 109 cm³/mol. The van der Waals surface area contributed by atoms with Gasteiger partial charge in [0.25, 0.3) is 5.56 Å². The van der Waals surface area contributed by atoms with Crippen LogP contribution >= 0.6 is 11.8 Å². The van der Waals surface area contributed by atoms with Crippen molar-refractivity contribution in [2.24, 2.45) is 0 Å². The van der Waals surface area contributed by atoms with Crippen molar-refractivity contribution in [1.82, 2.24) is 18.9 Å². The number of rotatable bonds is 4. The maximum absolute atomic E-state index is 12.3. The quantitative estimate of drug-likeness (QED) is 0.503. The Morgan fingerprint density at radius 2 is 1.74 bits per heavy atom. The third kappa shape index (κ3) is 3.66. The van der Waals surface area contributed by atoms with Crippen LogP contribution in [0.25, 0.3) is 11.3 Å². The van der Waals surface area contributed by atoms with Crippen molar-refractivity contribution >= 4 is 17.4 Å². The van der Waals surface area contributed by atoms with Crippen LogP contribution in [0.3, 0.4) is 0 Å². The predicted octanol–water partition coefficient (Wildman–Crippen LogP) is 4.10. The topological polar surface area (TPSA) is 52.2 Å². The summed E-state index contributed by atoms with van der Waals surface area (Å²) >= 11 is 1.58. The van der Waals surface area contributed by atoms with Crippen LogP contribution in [-0.4, -0.2) is 18.9 Å². The number of hydrogen-bond acceptors (Lipinski definition) is 4. The highest BCUT2D eigenvalue weighted by molar-refractivity contribution is 7.98. The van der Waals surface area contributed by atoms with Crippen molar-refractivity contribution in [2.45, 2.75) is 31.7 Å². The van der Waals surface area contributed by atoms with Gasteiger partial charge in [0.2, 0.25) is 0 Å². The highest BCUT2D eigenvalue weighted by atomic mass is 32.2. The van der Waals surface area contributed by atoms with E-state index in [-0.39, 0.29) is 5.56 Å². The summed E-state index contributed by atoms with van der Waals surface area (Å²) in [7, 11) is 0. The molecular formula is C21H20N4OS. The van der Waals surface area contributed by atoms with Gasteiger partial charge in [0.15, 0.2) is 5.16 Å². The number of thioether (sulfide) groups is 1. The maximum Gasteiger partial charge on any atom is 0.258 e. The standard InChI is InChI=1S/C21H20N4OS/c1-14-4-6-25-19(11-14)23-17(12-20(25)26)13-27-21-22-5-7-24(21)18-9-15(2)8-16(3)10-18/h4-12H,13H2,1-3H3. The molecule has 3 heterocycles. The van der Waals surface area contributed by atoms with Crippen LogP contribution < -0.4 is 5.56 Å². The minimum atomic E-state index is -0.0618. The van der Waals surface area contributed by atoms with E-state index in [0.29, 0.717) is 11.4 Å². The highest BCUT2D eigenvalue weighted by Crippen LogP contribution is 2.24. The first-order chi connectivity index (χ1) is 13.0. The summed E-state index contributed by atoms with van der Waals surface area (Å²) in [4.78, 5) is 21.4. The van der Waals surface area contributed by atoms with E-state index in [9.17, 15) is 4.79 Å². The minimum absolute atomic E-state index is 0.0618. The van der Waals surface area contributed by atoms with E-state index in [2.05, 4.69) is 46.6 Å². The summed E-state index contributed by atoms with van der Waals surface area (Å²) in [6.45, 7) is 6.18. The molecule has 0 unspecified atom stereocenters. The number of nitrogens with zero attached hydrogens (tertiary/aromatic N) is 4. The molecule has 0 aliphatic carbocycles. The zero-order valence-corrected chi connectivity index (χ0v) is 16.3. The van der Waals surface area contributed by atoms with Gasteiger partial charge < -0.3 is 0 Å². The van der Waals surface area contributed by atoms with Gasteiger partial charge in [-0.25, -0.2) is 9.97 Å². The molecule has 0 fully saturated rings. The molecule has 0 radical (unpaired) electrons. The fourth-order valence-electron chi connectivity index (χ4n) is 3.15. The molecule has 0 bridgehead atoms. The van der Waals surface area contributed by atoms with Crippen molar-refractivity contribution in [2.75, 3.05) is 0 Å². The molecule has 0 amide bonds. The van der Waals surface area contributed by atoms with Gasteiger partial charge in [-0.3, -0.25) is 13.8 Å². The number of aryl methyl sites for hydroxylation is 3. The molecule has 4 aromatic rings. The van der Waals surface area contributed by atoms with Gasteiger partial charge in [-0.15, -0.1) is 0 Å². The Balaban J connectivity index is 1.62. The summed E-state index contributed by atoms with van der Waals surface area (Å²) in [5.41, 5.74) is 5.98. The minimum Gasteiger partial charge on any atom is -0.295 e. The lowest BCUT2D eigenvalue weighted by Gasteiger charge is -2.10. The van der Waals surface area contributed by atoms with E-state index in [4.69, 9.17) is 0 Å². The molecule has 4 rings (SSSR count). The van der Waals surface area contributed by atoms with E-state index < -0.39 is 0 Å². The van der Waals surface area contributed by atoms with Gasteiger partial charge in [0.05, 0.1) is 5.69 Å². The number of pyridine rings is 1. The zero-order valence-electron chi connectivity index (χ0n) is 15.5. The van der Waals surface area contributed by atoms with E-state index in [0.717, 1.165) is 22.1 Å². The Hall–Kier alpha value is -2.86. The number of imidazole rings is 1. The lowest BCUT2D eigenvalue weighted by Crippen LogP contribution is -2.15. The van der Waals surface area contributed by atoms with E-state index in [1.54, 1.807) is 34.6 Å². The van der Waals surface area contributed by atoms with Crippen LogP contribution in [0, 0.1) is 20.8 Å². The van der Waals surface area contributed by atoms with Crippen LogP contribution in [-0.2, 0) is 5.75 Å². The van der Waals surface area contributed by atoms with E-state index >= 15 is 0 Å². The third-order valence-electron chi connectivity index (χ3n) is 4.32. The van der Waals surface area contributed by atoms with Gasteiger partial charge in [0.1, 0.15) is 5.65 Å². The van der Waals surface area contributed by atoms with Crippen LogP contribution in [0.2, 0.25) is 0 Å². The van der Waals surface area contributed by atoms with Gasteiger partial charge in [-0.2, -0.15) is 0 Å². The van der Waals surface area contributed by atoms with E-state index in [1.807, 2.05) is 25.3 Å². The lowest BCUT2D eigenvalue weighted by atomic mass is 10.1. The zero-order chi connectivity index (χ0) is 19.0. The van der Waals surface area contributed by atoms with Crippen molar-refractivity contribution in [3.05, 3.63) is 87.7 Å². The van der Waals surface area contributed by atoms with Crippen molar-refractivity contribution in [3.63, 3.8) is 0 Å². The summed E-state index contributed by atoms with van der Waals surface area (Å²) in [5, 5.41) is 0.881. The first kappa shape index (κ1) is 17.5. The molecule has 0 N–H and O–H groups in total. The molecule has 0 saturated carbocycles.